The zero-order valence-corrected chi connectivity index (χ0v) is 14.2. The van der Waals surface area contributed by atoms with Gasteiger partial charge in [0.1, 0.15) is 5.82 Å². The highest BCUT2D eigenvalue weighted by molar-refractivity contribution is 7.07. The maximum Gasteiger partial charge on any atom is 0.224 e. The molecule has 0 aliphatic rings. The van der Waals surface area contributed by atoms with Gasteiger partial charge in [-0.1, -0.05) is 17.7 Å². The smallest absolute Gasteiger partial charge is 0.224 e. The number of halogens is 2. The molecule has 24 heavy (non-hydrogen) atoms. The van der Waals surface area contributed by atoms with Gasteiger partial charge in [-0.2, -0.15) is 16.4 Å². The van der Waals surface area contributed by atoms with Gasteiger partial charge in [0.25, 0.3) is 0 Å². The minimum atomic E-state index is -0.473. The number of amides is 1. The molecule has 0 spiro atoms. The average molecular weight is 364 g/mol. The Hall–Kier alpha value is -2.18. The number of nitrogens with zero attached hydrogens (tertiary/aromatic N) is 2. The standard InChI is InChI=1S/C17H15ClFN3OS/c18-14-3-1-4-15(19)13(14)9-17(23)20-10-16(12-5-8-24-11-12)22-7-2-6-21-22/h1-8,11,16H,9-10H2,(H,20,23)/t16-/m0/s1. The highest BCUT2D eigenvalue weighted by Gasteiger charge is 2.17. The van der Waals surface area contributed by atoms with Gasteiger partial charge in [-0.3, -0.25) is 9.48 Å². The molecular formula is C17H15ClFN3OS. The van der Waals surface area contributed by atoms with Gasteiger partial charge in [-0.15, -0.1) is 0 Å². The molecule has 0 radical (unpaired) electrons. The Kier molecular flexibility index (Phi) is 5.27. The van der Waals surface area contributed by atoms with Gasteiger partial charge < -0.3 is 5.32 Å². The molecule has 0 aliphatic carbocycles. The van der Waals surface area contributed by atoms with E-state index in [2.05, 4.69) is 10.4 Å². The maximum atomic E-state index is 13.8. The van der Waals surface area contributed by atoms with E-state index < -0.39 is 5.82 Å². The summed E-state index contributed by atoms with van der Waals surface area (Å²) < 4.78 is 15.6. The van der Waals surface area contributed by atoms with Crippen molar-refractivity contribution < 1.29 is 9.18 Å². The minimum Gasteiger partial charge on any atom is -0.353 e. The summed E-state index contributed by atoms with van der Waals surface area (Å²) in [5.74, 6) is -0.756. The van der Waals surface area contributed by atoms with Crippen molar-refractivity contribution in [1.29, 1.82) is 0 Å². The van der Waals surface area contributed by atoms with Crippen LogP contribution in [-0.4, -0.2) is 22.2 Å². The molecule has 0 saturated heterocycles. The zero-order valence-electron chi connectivity index (χ0n) is 12.7. The number of nitrogens with one attached hydrogen (secondary N) is 1. The summed E-state index contributed by atoms with van der Waals surface area (Å²) in [7, 11) is 0. The van der Waals surface area contributed by atoms with Crippen molar-refractivity contribution in [3.63, 3.8) is 0 Å². The molecule has 4 nitrogen and oxygen atoms in total. The Morgan fingerprint density at radius 3 is 2.92 bits per heavy atom. The van der Waals surface area contributed by atoms with E-state index in [1.54, 1.807) is 28.3 Å². The first-order chi connectivity index (χ1) is 11.6. The molecule has 3 aromatic rings. The van der Waals surface area contributed by atoms with Gasteiger partial charge in [-0.05, 0) is 40.6 Å². The van der Waals surface area contributed by atoms with Crippen molar-refractivity contribution in [2.24, 2.45) is 0 Å². The van der Waals surface area contributed by atoms with Gasteiger partial charge in [0.05, 0.1) is 12.5 Å². The molecule has 0 unspecified atom stereocenters. The molecule has 2 aromatic heterocycles. The molecule has 3 rings (SSSR count). The van der Waals surface area contributed by atoms with Gasteiger partial charge >= 0.3 is 0 Å². The molecule has 1 N–H and O–H groups in total. The SMILES string of the molecule is O=C(Cc1c(F)cccc1Cl)NC[C@@H](c1ccsc1)n1cccn1. The van der Waals surface area contributed by atoms with E-state index in [0.29, 0.717) is 6.54 Å². The second-order valence-electron chi connectivity index (χ2n) is 5.24. The summed E-state index contributed by atoms with van der Waals surface area (Å²) in [6, 6.07) is 8.12. The molecule has 0 bridgehead atoms. The number of rotatable bonds is 6. The van der Waals surface area contributed by atoms with Crippen molar-refractivity contribution in [1.82, 2.24) is 15.1 Å². The normalized spacial score (nSPS) is 12.1. The summed E-state index contributed by atoms with van der Waals surface area (Å²) in [5, 5.41) is 11.3. The minimum absolute atomic E-state index is 0.0963. The predicted octanol–water partition coefficient (Wildman–Crippen LogP) is 3.69. The second-order valence-corrected chi connectivity index (χ2v) is 6.43. The Balaban J connectivity index is 1.68. The lowest BCUT2D eigenvalue weighted by atomic mass is 10.1. The molecule has 2 heterocycles. The monoisotopic (exact) mass is 363 g/mol. The zero-order chi connectivity index (χ0) is 16.9. The van der Waals surface area contributed by atoms with Gasteiger partial charge in [0.15, 0.2) is 0 Å². The van der Waals surface area contributed by atoms with Gasteiger partial charge in [-0.25, -0.2) is 4.39 Å². The molecule has 1 aromatic carbocycles. The maximum absolute atomic E-state index is 13.8. The number of hydrogen-bond acceptors (Lipinski definition) is 3. The van der Waals surface area contributed by atoms with Crippen LogP contribution in [0, 0.1) is 5.82 Å². The Morgan fingerprint density at radius 1 is 1.38 bits per heavy atom. The third-order valence-electron chi connectivity index (χ3n) is 3.66. The van der Waals surface area contributed by atoms with Crippen molar-refractivity contribution in [3.8, 4) is 0 Å². The second kappa shape index (κ2) is 7.59. The first-order valence-electron chi connectivity index (χ1n) is 7.36. The first kappa shape index (κ1) is 16.7. The van der Waals surface area contributed by atoms with Crippen LogP contribution in [0.5, 0.6) is 0 Å². The lowest BCUT2D eigenvalue weighted by Gasteiger charge is -2.17. The van der Waals surface area contributed by atoms with E-state index in [0.717, 1.165) is 5.56 Å². The van der Waals surface area contributed by atoms with E-state index >= 15 is 0 Å². The number of thiophene rings is 1. The summed E-state index contributed by atoms with van der Waals surface area (Å²) in [5.41, 5.74) is 1.27. The van der Waals surface area contributed by atoms with E-state index in [9.17, 15) is 9.18 Å². The molecule has 124 valence electrons. The number of hydrogen-bond donors (Lipinski definition) is 1. The largest absolute Gasteiger partial charge is 0.353 e. The Morgan fingerprint density at radius 2 is 2.25 bits per heavy atom. The Bertz CT molecular complexity index is 751. The predicted molar refractivity (Wildman–Crippen MR) is 92.8 cm³/mol. The fourth-order valence-electron chi connectivity index (χ4n) is 2.43. The lowest BCUT2D eigenvalue weighted by Crippen LogP contribution is -2.32. The third-order valence-corrected chi connectivity index (χ3v) is 4.72. The van der Waals surface area contributed by atoms with Crippen LogP contribution >= 0.6 is 22.9 Å². The van der Waals surface area contributed by atoms with Crippen LogP contribution in [0.1, 0.15) is 17.2 Å². The topological polar surface area (TPSA) is 46.9 Å². The summed E-state index contributed by atoms with van der Waals surface area (Å²) in [6.45, 7) is 0.364. The molecule has 7 heteroatoms. The Labute approximate surface area is 147 Å². The first-order valence-corrected chi connectivity index (χ1v) is 8.68. The van der Waals surface area contributed by atoms with E-state index in [4.69, 9.17) is 11.6 Å². The van der Waals surface area contributed by atoms with Crippen LogP contribution in [0.4, 0.5) is 4.39 Å². The summed E-state index contributed by atoms with van der Waals surface area (Å²) >= 11 is 7.55. The van der Waals surface area contributed by atoms with Crippen molar-refractivity contribution in [3.05, 3.63) is 75.5 Å². The molecule has 0 fully saturated rings. The van der Waals surface area contributed by atoms with E-state index in [-0.39, 0.29) is 29.0 Å². The van der Waals surface area contributed by atoms with Crippen molar-refractivity contribution >= 4 is 28.8 Å². The van der Waals surface area contributed by atoms with E-state index in [1.165, 1.54) is 12.1 Å². The van der Waals surface area contributed by atoms with E-state index in [1.807, 2.05) is 29.1 Å². The van der Waals surface area contributed by atoms with Crippen LogP contribution in [0.3, 0.4) is 0 Å². The number of benzene rings is 1. The third kappa shape index (κ3) is 3.83. The summed E-state index contributed by atoms with van der Waals surface area (Å²) in [4.78, 5) is 12.2. The fourth-order valence-corrected chi connectivity index (χ4v) is 3.37. The van der Waals surface area contributed by atoms with Crippen LogP contribution in [0.25, 0.3) is 0 Å². The number of carbonyl (C=O) groups excluding carboxylic acids is 1. The molecular weight excluding hydrogens is 349 g/mol. The van der Waals surface area contributed by atoms with Crippen LogP contribution in [-0.2, 0) is 11.2 Å². The van der Waals surface area contributed by atoms with Crippen molar-refractivity contribution in [2.75, 3.05) is 6.54 Å². The molecule has 1 atom stereocenters. The highest BCUT2D eigenvalue weighted by Crippen LogP contribution is 2.21. The summed E-state index contributed by atoms with van der Waals surface area (Å²) in [6.07, 6.45) is 3.45. The van der Waals surface area contributed by atoms with Crippen LogP contribution in [0.2, 0.25) is 5.02 Å². The lowest BCUT2D eigenvalue weighted by molar-refractivity contribution is -0.120. The van der Waals surface area contributed by atoms with Gasteiger partial charge in [0.2, 0.25) is 5.91 Å². The number of aromatic nitrogens is 2. The highest BCUT2D eigenvalue weighted by atomic mass is 35.5. The fraction of sp³-hybridized carbons (Fsp3) is 0.176. The average Bonchev–Trinajstić information content (AvgIpc) is 3.25. The number of carbonyl (C=O) groups is 1. The quantitative estimate of drug-likeness (QED) is 0.726. The van der Waals surface area contributed by atoms with Crippen molar-refractivity contribution in [2.45, 2.75) is 12.5 Å². The molecule has 0 saturated carbocycles. The van der Waals surface area contributed by atoms with Crippen LogP contribution in [0.15, 0.2) is 53.5 Å². The van der Waals surface area contributed by atoms with Gasteiger partial charge in [0, 0.05) is 29.5 Å². The van der Waals surface area contributed by atoms with Crippen LogP contribution < -0.4 is 5.32 Å². The molecule has 0 aliphatic heterocycles. The molecule has 1 amide bonds.